The van der Waals surface area contributed by atoms with Crippen LogP contribution in [0.2, 0.25) is 0 Å². The van der Waals surface area contributed by atoms with Crippen molar-refractivity contribution >= 4 is 5.96 Å². The number of nitrogens with one attached hydrogen (secondary N) is 1. The molecule has 13 heavy (non-hydrogen) atoms. The van der Waals surface area contributed by atoms with Gasteiger partial charge in [0, 0.05) is 13.6 Å². The molecular weight excluding hydrogens is 162 g/mol. The number of hydrogen-bond donors (Lipinski definition) is 2. The Morgan fingerprint density at radius 1 is 1.31 bits per heavy atom. The van der Waals surface area contributed by atoms with E-state index in [0.29, 0.717) is 22.7 Å². The van der Waals surface area contributed by atoms with Crippen LogP contribution in [0.1, 0.15) is 27.7 Å². The molecule has 1 aliphatic rings. The predicted molar refractivity (Wildman–Crippen MR) is 56.6 cm³/mol. The van der Waals surface area contributed by atoms with Crippen LogP contribution in [0.5, 0.6) is 0 Å². The molecule has 0 atom stereocenters. The fourth-order valence-corrected chi connectivity index (χ4v) is 2.13. The lowest BCUT2D eigenvalue weighted by Crippen LogP contribution is -2.33. The van der Waals surface area contributed by atoms with Gasteiger partial charge in [-0.2, -0.15) is 0 Å². The summed E-state index contributed by atoms with van der Waals surface area (Å²) in [6, 6.07) is 0. The first-order valence-electron chi connectivity index (χ1n) is 4.80. The molecule has 0 aromatic heterocycles. The van der Waals surface area contributed by atoms with Crippen molar-refractivity contribution in [2.45, 2.75) is 27.7 Å². The largest absolute Gasteiger partial charge is 0.370 e. The van der Waals surface area contributed by atoms with Crippen molar-refractivity contribution in [2.24, 2.45) is 27.5 Å². The molecule has 0 aromatic carbocycles. The lowest BCUT2D eigenvalue weighted by atomic mass is 10.0. The van der Waals surface area contributed by atoms with Gasteiger partial charge >= 0.3 is 0 Å². The van der Waals surface area contributed by atoms with Crippen molar-refractivity contribution in [1.29, 1.82) is 0 Å². The van der Waals surface area contributed by atoms with Crippen molar-refractivity contribution in [1.82, 2.24) is 5.32 Å². The molecule has 1 aliphatic carbocycles. The lowest BCUT2D eigenvalue weighted by molar-refractivity contribution is 0.457. The fourth-order valence-electron chi connectivity index (χ4n) is 2.13. The molecule has 0 unspecified atom stereocenters. The highest BCUT2D eigenvalue weighted by Crippen LogP contribution is 2.67. The van der Waals surface area contributed by atoms with Crippen LogP contribution in [0.15, 0.2) is 4.99 Å². The average Bonchev–Trinajstić information content (AvgIpc) is 2.40. The van der Waals surface area contributed by atoms with Gasteiger partial charge in [-0.15, -0.1) is 0 Å². The fraction of sp³-hybridized carbons (Fsp3) is 0.900. The summed E-state index contributed by atoms with van der Waals surface area (Å²) >= 11 is 0. The number of nitrogens with zero attached hydrogens (tertiary/aromatic N) is 1. The zero-order chi connectivity index (χ0) is 10.3. The molecule has 0 saturated heterocycles. The van der Waals surface area contributed by atoms with Gasteiger partial charge in [-0.1, -0.05) is 27.7 Å². The van der Waals surface area contributed by atoms with E-state index in [9.17, 15) is 0 Å². The van der Waals surface area contributed by atoms with E-state index < -0.39 is 0 Å². The third-order valence-corrected chi connectivity index (χ3v) is 4.05. The Hall–Kier alpha value is -0.730. The maximum Gasteiger partial charge on any atom is 0.188 e. The highest BCUT2D eigenvalue weighted by Gasteiger charge is 2.64. The number of nitrogens with two attached hydrogens (primary N) is 1. The van der Waals surface area contributed by atoms with E-state index in [1.54, 1.807) is 7.05 Å². The van der Waals surface area contributed by atoms with E-state index in [0.717, 1.165) is 6.54 Å². The first-order chi connectivity index (χ1) is 5.84. The van der Waals surface area contributed by atoms with E-state index >= 15 is 0 Å². The summed E-state index contributed by atoms with van der Waals surface area (Å²) in [5.41, 5.74) is 6.41. The molecule has 1 saturated carbocycles. The summed E-state index contributed by atoms with van der Waals surface area (Å²) in [6.45, 7) is 10.2. The van der Waals surface area contributed by atoms with Gasteiger partial charge in [0.15, 0.2) is 5.96 Å². The van der Waals surface area contributed by atoms with Gasteiger partial charge < -0.3 is 11.1 Å². The molecule has 1 rings (SSSR count). The van der Waals surface area contributed by atoms with Crippen molar-refractivity contribution in [3.05, 3.63) is 0 Å². The van der Waals surface area contributed by atoms with Crippen LogP contribution in [0.3, 0.4) is 0 Å². The lowest BCUT2D eigenvalue weighted by Gasteiger charge is -2.05. The Balaban J connectivity index is 2.43. The quantitative estimate of drug-likeness (QED) is 0.499. The summed E-state index contributed by atoms with van der Waals surface area (Å²) in [4.78, 5) is 3.87. The second kappa shape index (κ2) is 2.89. The van der Waals surface area contributed by atoms with E-state index in [1.165, 1.54) is 0 Å². The normalized spacial score (nSPS) is 25.8. The SMILES string of the molecule is CN=C(N)NCC1C(C)(C)C1(C)C. The minimum atomic E-state index is 0.425. The number of aliphatic imine (C=N–C) groups is 1. The molecule has 3 nitrogen and oxygen atoms in total. The van der Waals surface area contributed by atoms with E-state index in [4.69, 9.17) is 5.73 Å². The third kappa shape index (κ3) is 1.52. The van der Waals surface area contributed by atoms with Crippen molar-refractivity contribution in [3.8, 4) is 0 Å². The molecule has 1 fully saturated rings. The number of rotatable bonds is 2. The zero-order valence-corrected chi connectivity index (χ0v) is 9.31. The summed E-state index contributed by atoms with van der Waals surface area (Å²) in [7, 11) is 1.70. The Morgan fingerprint density at radius 3 is 2.08 bits per heavy atom. The van der Waals surface area contributed by atoms with Gasteiger partial charge in [0.1, 0.15) is 0 Å². The summed E-state index contributed by atoms with van der Waals surface area (Å²) in [5, 5.41) is 3.13. The molecule has 3 heteroatoms. The summed E-state index contributed by atoms with van der Waals surface area (Å²) in [6.07, 6.45) is 0. The number of hydrogen-bond acceptors (Lipinski definition) is 1. The molecule has 3 N–H and O–H groups in total. The van der Waals surface area contributed by atoms with E-state index in [2.05, 4.69) is 38.0 Å². The van der Waals surface area contributed by atoms with Gasteiger partial charge in [0.05, 0.1) is 0 Å². The van der Waals surface area contributed by atoms with E-state index in [-0.39, 0.29) is 0 Å². The minimum absolute atomic E-state index is 0.425. The number of guanidine groups is 1. The Kier molecular flexibility index (Phi) is 2.30. The maximum absolute atomic E-state index is 5.57. The molecule has 0 bridgehead atoms. The van der Waals surface area contributed by atoms with Gasteiger partial charge in [0.2, 0.25) is 0 Å². The van der Waals surface area contributed by atoms with Crippen LogP contribution in [0.4, 0.5) is 0 Å². The molecule has 0 aliphatic heterocycles. The van der Waals surface area contributed by atoms with Gasteiger partial charge in [-0.25, -0.2) is 0 Å². The van der Waals surface area contributed by atoms with Crippen LogP contribution in [-0.4, -0.2) is 19.6 Å². The second-order valence-corrected chi connectivity index (χ2v) is 4.99. The van der Waals surface area contributed by atoms with Crippen molar-refractivity contribution in [2.75, 3.05) is 13.6 Å². The highest BCUT2D eigenvalue weighted by molar-refractivity contribution is 5.77. The van der Waals surface area contributed by atoms with E-state index in [1.807, 2.05) is 0 Å². The topological polar surface area (TPSA) is 50.4 Å². The monoisotopic (exact) mass is 183 g/mol. The van der Waals surface area contributed by atoms with Crippen molar-refractivity contribution < 1.29 is 0 Å². The standard InChI is InChI=1S/C10H21N3/c1-9(2)7(10(9,3)4)6-13-8(11)12-5/h7H,6H2,1-5H3,(H3,11,12,13). The third-order valence-electron chi connectivity index (χ3n) is 4.05. The molecule has 0 amide bonds. The van der Waals surface area contributed by atoms with Crippen molar-refractivity contribution in [3.63, 3.8) is 0 Å². The summed E-state index contributed by atoms with van der Waals surface area (Å²) < 4.78 is 0. The Bertz CT molecular complexity index is 214. The molecule has 0 aromatic rings. The average molecular weight is 183 g/mol. The second-order valence-electron chi connectivity index (χ2n) is 4.99. The summed E-state index contributed by atoms with van der Waals surface area (Å²) in [5.74, 6) is 1.23. The van der Waals surface area contributed by atoms with Gasteiger partial charge in [-0.05, 0) is 16.7 Å². The van der Waals surface area contributed by atoms with Crippen LogP contribution in [-0.2, 0) is 0 Å². The van der Waals surface area contributed by atoms with Crippen LogP contribution < -0.4 is 11.1 Å². The molecular formula is C10H21N3. The molecule has 0 heterocycles. The van der Waals surface area contributed by atoms with Gasteiger partial charge in [0.25, 0.3) is 0 Å². The predicted octanol–water partition coefficient (Wildman–Crippen LogP) is 1.20. The van der Waals surface area contributed by atoms with Crippen LogP contribution in [0, 0.1) is 16.7 Å². The zero-order valence-electron chi connectivity index (χ0n) is 9.31. The molecule has 0 spiro atoms. The maximum atomic E-state index is 5.57. The molecule has 76 valence electrons. The van der Waals surface area contributed by atoms with Gasteiger partial charge in [-0.3, -0.25) is 4.99 Å². The smallest absolute Gasteiger partial charge is 0.188 e. The van der Waals surface area contributed by atoms with Crippen LogP contribution >= 0.6 is 0 Å². The first-order valence-corrected chi connectivity index (χ1v) is 4.80. The Labute approximate surface area is 80.8 Å². The molecule has 0 radical (unpaired) electrons. The Morgan fingerprint density at radius 2 is 1.77 bits per heavy atom. The first kappa shape index (κ1) is 10.4. The minimum Gasteiger partial charge on any atom is -0.370 e. The van der Waals surface area contributed by atoms with Crippen LogP contribution in [0.25, 0.3) is 0 Å². The highest BCUT2D eigenvalue weighted by atomic mass is 15.1.